The molecule has 0 unspecified atom stereocenters. The Morgan fingerprint density at radius 3 is 2.90 bits per heavy atom. The Bertz CT molecular complexity index is 1040. The third kappa shape index (κ3) is 3.71. The Kier molecular flexibility index (Phi) is 5.20. The van der Waals surface area contributed by atoms with E-state index >= 15 is 0 Å². The molecule has 5 rings (SSSR count). The number of piperidine rings is 1. The molecule has 0 bridgehead atoms. The summed E-state index contributed by atoms with van der Waals surface area (Å²) >= 11 is 8.16. The van der Waals surface area contributed by atoms with Gasteiger partial charge in [0.25, 0.3) is 0 Å². The number of allylic oxidation sites excluding steroid dienone is 2. The van der Waals surface area contributed by atoms with E-state index in [1.807, 2.05) is 17.8 Å². The van der Waals surface area contributed by atoms with E-state index in [1.165, 1.54) is 27.4 Å². The second-order valence-electron chi connectivity index (χ2n) is 8.64. The van der Waals surface area contributed by atoms with Gasteiger partial charge in [-0.2, -0.15) is 14.4 Å². The lowest BCUT2D eigenvalue weighted by atomic mass is 9.93. The van der Waals surface area contributed by atoms with E-state index in [2.05, 4.69) is 42.7 Å². The number of nitrogens with zero attached hydrogens (tertiary/aromatic N) is 2. The first-order chi connectivity index (χ1) is 14.8. The smallest absolute Gasteiger partial charge is 0.414 e. The topological polar surface area (TPSA) is 57.6 Å². The van der Waals surface area contributed by atoms with Crippen LogP contribution in [0.2, 0.25) is 5.02 Å². The molecule has 4 aliphatic heterocycles. The lowest BCUT2D eigenvalue weighted by molar-refractivity contribution is -0.474. The minimum Gasteiger partial charge on any atom is -0.450 e. The van der Waals surface area contributed by atoms with E-state index in [-0.39, 0.29) is 4.75 Å². The molecule has 4 aliphatic rings. The SMILES string of the molecule is CCOC(=O)N1CCC(=[N+]2CC=CC3=C2Cc2ccc(Cl)cc2SC3(C)C)CC12OO2. The van der Waals surface area contributed by atoms with Crippen molar-refractivity contribution in [1.29, 1.82) is 0 Å². The Labute approximate surface area is 191 Å². The Balaban J connectivity index is 1.53. The standard InChI is InChI=1S/C23H26ClN2O4S/c1-4-28-21(27)26-11-9-17(14-23(26)29-30-23)25-10-5-6-18-19(25)12-15-7-8-16(24)13-20(15)31-22(18,2)3/h5-8,13H,4,9-12,14H2,1-3H3/q+1. The number of fused-ring (bicyclic) bond motifs is 1. The van der Waals surface area contributed by atoms with E-state index in [0.717, 1.165) is 24.4 Å². The number of rotatable bonds is 1. The Morgan fingerprint density at radius 1 is 1.35 bits per heavy atom. The molecule has 31 heavy (non-hydrogen) atoms. The van der Waals surface area contributed by atoms with Gasteiger partial charge in [-0.15, -0.1) is 11.8 Å². The number of thioether (sulfide) groups is 1. The van der Waals surface area contributed by atoms with Crippen LogP contribution in [0, 0.1) is 0 Å². The van der Waals surface area contributed by atoms with E-state index in [1.54, 1.807) is 11.8 Å². The molecule has 4 heterocycles. The van der Waals surface area contributed by atoms with Crippen LogP contribution in [-0.2, 0) is 20.9 Å². The lowest BCUT2D eigenvalue weighted by Gasteiger charge is -2.30. The molecule has 164 valence electrons. The summed E-state index contributed by atoms with van der Waals surface area (Å²) in [7, 11) is 0. The van der Waals surface area contributed by atoms with Crippen LogP contribution >= 0.6 is 23.4 Å². The highest BCUT2D eigenvalue weighted by molar-refractivity contribution is 8.01. The molecule has 0 N–H and O–H groups in total. The zero-order valence-electron chi connectivity index (χ0n) is 17.9. The predicted octanol–water partition coefficient (Wildman–Crippen LogP) is 4.91. The van der Waals surface area contributed by atoms with Crippen molar-refractivity contribution in [2.45, 2.75) is 55.6 Å². The Morgan fingerprint density at radius 2 is 2.16 bits per heavy atom. The molecule has 6 nitrogen and oxygen atoms in total. The van der Waals surface area contributed by atoms with Crippen molar-refractivity contribution in [2.75, 3.05) is 19.7 Å². The monoisotopic (exact) mass is 461 g/mol. The van der Waals surface area contributed by atoms with Gasteiger partial charge >= 0.3 is 12.0 Å². The molecule has 0 radical (unpaired) electrons. The van der Waals surface area contributed by atoms with Crippen molar-refractivity contribution in [3.63, 3.8) is 0 Å². The predicted molar refractivity (Wildman–Crippen MR) is 119 cm³/mol. The van der Waals surface area contributed by atoms with Gasteiger partial charge in [0.2, 0.25) is 0 Å². The maximum absolute atomic E-state index is 12.3. The van der Waals surface area contributed by atoms with Gasteiger partial charge in [-0.25, -0.2) is 4.79 Å². The summed E-state index contributed by atoms with van der Waals surface area (Å²) in [6.45, 7) is 7.95. The van der Waals surface area contributed by atoms with E-state index in [0.29, 0.717) is 19.6 Å². The highest BCUT2D eigenvalue weighted by atomic mass is 35.5. The number of ether oxygens (including phenoxy) is 1. The molecule has 1 aromatic carbocycles. The van der Waals surface area contributed by atoms with Gasteiger partial charge in [-0.3, -0.25) is 4.90 Å². The van der Waals surface area contributed by atoms with Crippen molar-refractivity contribution in [3.05, 3.63) is 52.2 Å². The molecular formula is C23H26ClN2O4S+. The van der Waals surface area contributed by atoms with Crippen molar-refractivity contribution < 1.29 is 23.9 Å². The van der Waals surface area contributed by atoms with Crippen LogP contribution < -0.4 is 0 Å². The molecule has 2 fully saturated rings. The summed E-state index contributed by atoms with van der Waals surface area (Å²) in [5.41, 5.74) is 5.12. The average molecular weight is 462 g/mol. The largest absolute Gasteiger partial charge is 0.450 e. The van der Waals surface area contributed by atoms with Crippen LogP contribution in [0.15, 0.2) is 46.5 Å². The third-order valence-corrected chi connectivity index (χ3v) is 7.78. The molecule has 0 saturated carbocycles. The summed E-state index contributed by atoms with van der Waals surface area (Å²) < 4.78 is 7.49. The lowest BCUT2D eigenvalue weighted by Crippen LogP contribution is -2.51. The molecule has 2 saturated heterocycles. The highest BCUT2D eigenvalue weighted by Crippen LogP contribution is 2.47. The maximum Gasteiger partial charge on any atom is 0.414 e. The summed E-state index contributed by atoms with van der Waals surface area (Å²) in [5.74, 6) is -1.03. The average Bonchev–Trinajstić information content (AvgIpc) is 3.50. The summed E-state index contributed by atoms with van der Waals surface area (Å²) in [6.07, 6.45) is 6.19. The quantitative estimate of drug-likeness (QED) is 0.338. The highest BCUT2D eigenvalue weighted by Gasteiger charge is 2.62. The summed E-state index contributed by atoms with van der Waals surface area (Å²) in [4.78, 5) is 25.8. The number of carbonyl (C=O) groups is 1. The molecular weight excluding hydrogens is 436 g/mol. The molecule has 1 spiro atoms. The second-order valence-corrected chi connectivity index (χ2v) is 10.7. The number of carbonyl (C=O) groups excluding carboxylic acids is 1. The molecule has 1 amide bonds. The van der Waals surface area contributed by atoms with Crippen LogP contribution in [-0.4, -0.2) is 51.6 Å². The van der Waals surface area contributed by atoms with Crippen molar-refractivity contribution in [1.82, 2.24) is 4.90 Å². The van der Waals surface area contributed by atoms with Gasteiger partial charge < -0.3 is 4.74 Å². The molecule has 0 aliphatic carbocycles. The van der Waals surface area contributed by atoms with Crippen molar-refractivity contribution in [3.8, 4) is 0 Å². The number of hydrogen-bond donors (Lipinski definition) is 0. The van der Waals surface area contributed by atoms with Crippen LogP contribution in [0.3, 0.4) is 0 Å². The van der Waals surface area contributed by atoms with Crippen LogP contribution in [0.4, 0.5) is 4.79 Å². The molecule has 0 atom stereocenters. The van der Waals surface area contributed by atoms with E-state index < -0.39 is 12.0 Å². The number of amides is 1. The number of hydrogen-bond acceptors (Lipinski definition) is 5. The van der Waals surface area contributed by atoms with Crippen molar-refractivity contribution in [2.24, 2.45) is 0 Å². The van der Waals surface area contributed by atoms with Crippen LogP contribution in [0.25, 0.3) is 0 Å². The van der Waals surface area contributed by atoms with Crippen LogP contribution in [0.5, 0.6) is 0 Å². The fourth-order valence-electron chi connectivity index (χ4n) is 4.68. The van der Waals surface area contributed by atoms with Gasteiger partial charge in [0.1, 0.15) is 6.42 Å². The minimum absolute atomic E-state index is 0.100. The third-order valence-electron chi connectivity index (χ3n) is 6.22. The summed E-state index contributed by atoms with van der Waals surface area (Å²) in [5, 5.41) is 0.764. The van der Waals surface area contributed by atoms with Gasteiger partial charge in [-0.05, 0) is 50.6 Å². The number of halogens is 1. The maximum atomic E-state index is 12.3. The van der Waals surface area contributed by atoms with Gasteiger partial charge in [0.05, 0.1) is 13.0 Å². The van der Waals surface area contributed by atoms with Gasteiger partial charge in [0.15, 0.2) is 18.0 Å². The minimum atomic E-state index is -1.03. The Hall–Kier alpha value is -1.80. The summed E-state index contributed by atoms with van der Waals surface area (Å²) in [6, 6.07) is 6.17. The number of likely N-dealkylation sites (tertiary alicyclic amines) is 1. The van der Waals surface area contributed by atoms with Crippen LogP contribution in [0.1, 0.15) is 39.2 Å². The van der Waals surface area contributed by atoms with Crippen molar-refractivity contribution >= 4 is 35.2 Å². The van der Waals surface area contributed by atoms with E-state index in [4.69, 9.17) is 26.1 Å². The number of benzene rings is 1. The first-order valence-corrected chi connectivity index (χ1v) is 11.8. The van der Waals surface area contributed by atoms with Gasteiger partial charge in [0, 0.05) is 33.2 Å². The first-order valence-electron chi connectivity index (χ1n) is 10.6. The first kappa shape index (κ1) is 21.1. The second kappa shape index (κ2) is 7.66. The van der Waals surface area contributed by atoms with Gasteiger partial charge in [-0.1, -0.05) is 17.7 Å². The zero-order chi connectivity index (χ0) is 21.8. The zero-order valence-corrected chi connectivity index (χ0v) is 19.5. The normalized spacial score (nSPS) is 25.7. The fraction of sp³-hybridized carbons (Fsp3) is 0.478. The van der Waals surface area contributed by atoms with E-state index in [9.17, 15) is 4.79 Å². The fourth-order valence-corrected chi connectivity index (χ4v) is 6.22. The molecule has 1 aromatic rings. The molecule has 0 aromatic heterocycles. The molecule has 8 heteroatoms.